The lowest BCUT2D eigenvalue weighted by molar-refractivity contribution is 0.100. The first kappa shape index (κ1) is 15.9. The van der Waals surface area contributed by atoms with Gasteiger partial charge in [-0.25, -0.2) is 9.97 Å². The molecule has 0 aliphatic rings. The van der Waals surface area contributed by atoms with Crippen LogP contribution in [-0.2, 0) is 6.54 Å². The Morgan fingerprint density at radius 1 is 1.08 bits per heavy atom. The second-order valence-electron chi connectivity index (χ2n) is 5.81. The zero-order valence-corrected chi connectivity index (χ0v) is 13.7. The van der Waals surface area contributed by atoms with Crippen LogP contribution in [0.5, 0.6) is 0 Å². The van der Waals surface area contributed by atoms with Gasteiger partial charge in [-0.3, -0.25) is 4.79 Å². The molecule has 0 aliphatic heterocycles. The molecular weight excluding hydrogens is 302 g/mol. The van der Waals surface area contributed by atoms with Gasteiger partial charge < -0.3 is 16.0 Å². The molecule has 6 nitrogen and oxygen atoms in total. The quantitative estimate of drug-likeness (QED) is 0.754. The first-order valence-electron chi connectivity index (χ1n) is 7.60. The van der Waals surface area contributed by atoms with Crippen molar-refractivity contribution in [1.82, 2.24) is 14.9 Å². The number of carbonyl (C=O) groups is 1. The Morgan fingerprint density at radius 3 is 2.46 bits per heavy atom. The number of amides is 1. The van der Waals surface area contributed by atoms with E-state index in [9.17, 15) is 4.79 Å². The summed E-state index contributed by atoms with van der Waals surface area (Å²) in [5, 5.41) is 4.25. The van der Waals surface area contributed by atoms with Crippen molar-refractivity contribution in [2.24, 2.45) is 5.73 Å². The van der Waals surface area contributed by atoms with Crippen molar-refractivity contribution in [3.05, 3.63) is 59.9 Å². The fourth-order valence-electron chi connectivity index (χ4n) is 2.43. The molecule has 1 aromatic heterocycles. The van der Waals surface area contributed by atoms with Crippen molar-refractivity contribution in [2.75, 3.05) is 19.4 Å². The molecule has 0 saturated heterocycles. The molecule has 1 amide bonds. The normalized spacial score (nSPS) is 11.0. The molecular formula is C18H19N5O. The molecule has 3 rings (SSSR count). The third-order valence-corrected chi connectivity index (χ3v) is 3.54. The first-order valence-corrected chi connectivity index (χ1v) is 7.60. The Bertz CT molecular complexity index is 874. The van der Waals surface area contributed by atoms with Gasteiger partial charge >= 0.3 is 0 Å². The fraction of sp³-hybridized carbons (Fsp3) is 0.167. The van der Waals surface area contributed by atoms with E-state index in [1.54, 1.807) is 12.1 Å². The lowest BCUT2D eigenvalue weighted by Gasteiger charge is -2.13. The summed E-state index contributed by atoms with van der Waals surface area (Å²) in [5.41, 5.74) is 7.47. The third kappa shape index (κ3) is 3.49. The molecule has 0 atom stereocenters. The molecule has 122 valence electrons. The van der Waals surface area contributed by atoms with E-state index in [1.165, 1.54) is 0 Å². The van der Waals surface area contributed by atoms with Crippen LogP contribution in [0.3, 0.4) is 0 Å². The zero-order chi connectivity index (χ0) is 17.1. The Balaban J connectivity index is 1.99. The highest BCUT2D eigenvalue weighted by Gasteiger charge is 2.09. The minimum Gasteiger partial charge on any atom is -0.366 e. The van der Waals surface area contributed by atoms with E-state index in [0.29, 0.717) is 12.1 Å². The predicted octanol–water partition coefficient (Wildman–Crippen LogP) is 2.53. The van der Waals surface area contributed by atoms with Crippen molar-refractivity contribution in [3.8, 4) is 0 Å². The third-order valence-electron chi connectivity index (χ3n) is 3.54. The van der Waals surface area contributed by atoms with Crippen molar-refractivity contribution in [3.63, 3.8) is 0 Å². The maximum Gasteiger partial charge on any atom is 0.248 e. The number of para-hydroxylation sites is 1. The number of carbonyl (C=O) groups excluding carboxylic acids is 1. The van der Waals surface area contributed by atoms with E-state index in [2.05, 4.69) is 15.3 Å². The molecule has 2 aromatic carbocycles. The monoisotopic (exact) mass is 321 g/mol. The second kappa shape index (κ2) is 6.64. The van der Waals surface area contributed by atoms with E-state index in [1.807, 2.05) is 55.4 Å². The van der Waals surface area contributed by atoms with Gasteiger partial charge in [0.25, 0.3) is 0 Å². The number of benzene rings is 2. The largest absolute Gasteiger partial charge is 0.366 e. The van der Waals surface area contributed by atoms with Gasteiger partial charge in [-0.05, 0) is 50.5 Å². The topological polar surface area (TPSA) is 84.1 Å². The van der Waals surface area contributed by atoms with Crippen molar-refractivity contribution in [2.45, 2.75) is 6.54 Å². The van der Waals surface area contributed by atoms with Crippen LogP contribution in [0, 0.1) is 0 Å². The van der Waals surface area contributed by atoms with Crippen molar-refractivity contribution >= 4 is 28.3 Å². The smallest absolute Gasteiger partial charge is 0.248 e. The van der Waals surface area contributed by atoms with Crippen LogP contribution in [-0.4, -0.2) is 34.9 Å². The molecule has 0 fully saturated rings. The van der Waals surface area contributed by atoms with Crippen LogP contribution in [0.25, 0.3) is 10.9 Å². The number of aromatic nitrogens is 2. The lowest BCUT2D eigenvalue weighted by Crippen LogP contribution is -2.14. The number of fused-ring (bicyclic) bond motifs is 1. The van der Waals surface area contributed by atoms with Crippen LogP contribution < -0.4 is 11.1 Å². The van der Waals surface area contributed by atoms with Gasteiger partial charge in [0.2, 0.25) is 5.91 Å². The van der Waals surface area contributed by atoms with E-state index >= 15 is 0 Å². The summed E-state index contributed by atoms with van der Waals surface area (Å²) in [6.45, 7) is 0.653. The van der Waals surface area contributed by atoms with Gasteiger partial charge in [-0.1, -0.05) is 12.1 Å². The average molecular weight is 321 g/mol. The molecule has 6 heteroatoms. The summed E-state index contributed by atoms with van der Waals surface area (Å²) in [6, 6.07) is 14.9. The minimum atomic E-state index is -0.442. The maximum absolute atomic E-state index is 11.2. The highest BCUT2D eigenvalue weighted by Crippen LogP contribution is 2.24. The van der Waals surface area contributed by atoms with Crippen LogP contribution in [0.1, 0.15) is 16.2 Å². The maximum atomic E-state index is 11.2. The molecule has 0 aliphatic carbocycles. The van der Waals surface area contributed by atoms with Gasteiger partial charge in [-0.15, -0.1) is 0 Å². The summed E-state index contributed by atoms with van der Waals surface area (Å²) in [6.07, 6.45) is 0. The highest BCUT2D eigenvalue weighted by atomic mass is 16.1. The number of primary amides is 1. The SMILES string of the molecule is CN(C)Cc1nc(Nc2ccc(C(N)=O)cc2)c2ccccc2n1. The lowest BCUT2D eigenvalue weighted by atomic mass is 10.2. The van der Waals surface area contributed by atoms with Gasteiger partial charge in [0.1, 0.15) is 11.6 Å². The molecule has 1 heterocycles. The van der Waals surface area contributed by atoms with E-state index < -0.39 is 5.91 Å². The molecule has 3 aromatic rings. The van der Waals surface area contributed by atoms with Crippen LogP contribution in [0.2, 0.25) is 0 Å². The molecule has 0 radical (unpaired) electrons. The standard InChI is InChI=1S/C18H19N5O/c1-23(2)11-16-21-15-6-4-3-5-14(15)18(22-16)20-13-9-7-12(8-10-13)17(19)24/h3-10H,11H2,1-2H3,(H2,19,24)(H,20,21,22). The zero-order valence-electron chi connectivity index (χ0n) is 13.7. The van der Waals surface area contributed by atoms with Gasteiger partial charge in [0, 0.05) is 16.6 Å². The van der Waals surface area contributed by atoms with E-state index in [0.717, 1.165) is 28.2 Å². The number of nitrogens with one attached hydrogen (secondary N) is 1. The number of hydrogen-bond donors (Lipinski definition) is 2. The summed E-state index contributed by atoms with van der Waals surface area (Å²) < 4.78 is 0. The number of hydrogen-bond acceptors (Lipinski definition) is 5. The Morgan fingerprint density at radius 2 is 1.79 bits per heavy atom. The molecule has 0 saturated carbocycles. The minimum absolute atomic E-state index is 0.442. The van der Waals surface area contributed by atoms with Gasteiger partial charge in [-0.2, -0.15) is 0 Å². The van der Waals surface area contributed by atoms with Crippen LogP contribution in [0.15, 0.2) is 48.5 Å². The Hall–Kier alpha value is -2.99. The second-order valence-corrected chi connectivity index (χ2v) is 5.81. The number of nitrogens with two attached hydrogens (primary N) is 1. The van der Waals surface area contributed by atoms with E-state index in [4.69, 9.17) is 5.73 Å². The summed E-state index contributed by atoms with van der Waals surface area (Å²) in [7, 11) is 3.96. The van der Waals surface area contributed by atoms with Crippen molar-refractivity contribution in [1.29, 1.82) is 0 Å². The average Bonchev–Trinajstić information content (AvgIpc) is 2.55. The molecule has 0 spiro atoms. The summed E-state index contributed by atoms with van der Waals surface area (Å²) >= 11 is 0. The number of nitrogens with zero attached hydrogens (tertiary/aromatic N) is 3. The van der Waals surface area contributed by atoms with Gasteiger partial charge in [0.15, 0.2) is 0 Å². The highest BCUT2D eigenvalue weighted by molar-refractivity contribution is 5.94. The summed E-state index contributed by atoms with van der Waals surface area (Å²) in [5.74, 6) is 1.04. The van der Waals surface area contributed by atoms with Crippen LogP contribution >= 0.6 is 0 Å². The molecule has 0 unspecified atom stereocenters. The Labute approximate surface area is 140 Å². The predicted molar refractivity (Wildman–Crippen MR) is 95.2 cm³/mol. The van der Waals surface area contributed by atoms with Crippen LogP contribution in [0.4, 0.5) is 11.5 Å². The Kier molecular flexibility index (Phi) is 4.39. The molecule has 0 bridgehead atoms. The summed E-state index contributed by atoms with van der Waals surface area (Å²) in [4.78, 5) is 22.4. The van der Waals surface area contributed by atoms with E-state index in [-0.39, 0.29) is 0 Å². The molecule has 24 heavy (non-hydrogen) atoms. The van der Waals surface area contributed by atoms with Gasteiger partial charge in [0.05, 0.1) is 12.1 Å². The van der Waals surface area contributed by atoms with Crippen molar-refractivity contribution < 1.29 is 4.79 Å². The first-order chi connectivity index (χ1) is 11.5. The number of anilines is 2. The molecule has 3 N–H and O–H groups in total. The number of rotatable bonds is 5. The fourth-order valence-corrected chi connectivity index (χ4v) is 2.43.